The molecule has 4 heteroatoms. The van der Waals surface area contributed by atoms with Crippen LogP contribution in [0, 0.1) is 11.3 Å². The lowest BCUT2D eigenvalue weighted by Crippen LogP contribution is -2.40. The van der Waals surface area contributed by atoms with Gasteiger partial charge >= 0.3 is 0 Å². The summed E-state index contributed by atoms with van der Waals surface area (Å²) in [5, 5.41) is 10.1. The van der Waals surface area contributed by atoms with Gasteiger partial charge in [0.1, 0.15) is 10.9 Å². The molecule has 2 N–H and O–H groups in total. The summed E-state index contributed by atoms with van der Waals surface area (Å²) >= 11 is 11.9. The summed E-state index contributed by atoms with van der Waals surface area (Å²) in [6, 6.07) is 9.45. The molecule has 0 aliphatic carbocycles. The van der Waals surface area contributed by atoms with Gasteiger partial charge in [-0.05, 0) is 24.1 Å². The highest BCUT2D eigenvalue weighted by Gasteiger charge is 2.37. The van der Waals surface area contributed by atoms with Crippen LogP contribution in [-0.4, -0.2) is 5.50 Å². The monoisotopic (exact) mass is 270 g/mol. The van der Waals surface area contributed by atoms with Gasteiger partial charge in [-0.3, -0.25) is 0 Å². The number of nitriles is 1. The normalized spacial score (nSPS) is 15.9. The third-order valence-electron chi connectivity index (χ3n) is 2.95. The molecule has 0 aliphatic rings. The fourth-order valence-corrected chi connectivity index (χ4v) is 2.24. The minimum Gasteiger partial charge on any atom is -0.314 e. The molecule has 0 amide bonds. The quantitative estimate of drug-likeness (QED) is 0.653. The van der Waals surface area contributed by atoms with E-state index in [0.29, 0.717) is 11.4 Å². The Labute approximate surface area is 112 Å². The predicted molar refractivity (Wildman–Crippen MR) is 72.1 cm³/mol. The van der Waals surface area contributed by atoms with Gasteiger partial charge in [0.25, 0.3) is 0 Å². The van der Waals surface area contributed by atoms with E-state index in [0.717, 1.165) is 18.4 Å². The fourth-order valence-electron chi connectivity index (χ4n) is 1.83. The van der Waals surface area contributed by atoms with Crippen LogP contribution in [0.1, 0.15) is 31.7 Å². The molecule has 2 nitrogen and oxygen atoms in total. The lowest BCUT2D eigenvalue weighted by Gasteiger charge is -2.29. The number of nitrogens with zero attached hydrogens (tertiary/aromatic N) is 1. The molecular weight excluding hydrogens is 255 g/mol. The largest absolute Gasteiger partial charge is 0.314 e. The van der Waals surface area contributed by atoms with Crippen LogP contribution in [0.15, 0.2) is 24.3 Å². The van der Waals surface area contributed by atoms with E-state index < -0.39 is 10.9 Å². The highest BCUT2D eigenvalue weighted by Crippen LogP contribution is 2.34. The molecule has 0 heterocycles. The van der Waals surface area contributed by atoms with Crippen LogP contribution in [0.5, 0.6) is 0 Å². The molecule has 0 saturated heterocycles. The molecule has 0 fully saturated rings. The fraction of sp³-hybridized carbons (Fsp3) is 0.462. The average Bonchev–Trinajstić information content (AvgIpc) is 2.32. The molecule has 1 aromatic rings. The van der Waals surface area contributed by atoms with Crippen molar-refractivity contribution in [2.75, 3.05) is 0 Å². The molecular formula is C13H16Cl2N2. The Kier molecular flexibility index (Phi) is 5.27. The van der Waals surface area contributed by atoms with Crippen LogP contribution in [-0.2, 0) is 5.41 Å². The smallest absolute Gasteiger partial charge is 0.111 e. The van der Waals surface area contributed by atoms with E-state index in [1.54, 1.807) is 12.1 Å². The van der Waals surface area contributed by atoms with Gasteiger partial charge in [-0.1, -0.05) is 43.5 Å². The summed E-state index contributed by atoms with van der Waals surface area (Å²) in [6.07, 6.45) is 2.57. The first-order valence-corrected chi connectivity index (χ1v) is 6.45. The Morgan fingerprint density at radius 1 is 1.41 bits per heavy atom. The van der Waals surface area contributed by atoms with Gasteiger partial charge in [0.15, 0.2) is 0 Å². The number of hydrogen-bond acceptors (Lipinski definition) is 2. The maximum Gasteiger partial charge on any atom is 0.111 e. The Morgan fingerprint density at radius 3 is 2.41 bits per heavy atom. The second-order valence-electron chi connectivity index (χ2n) is 4.10. The number of halogens is 2. The topological polar surface area (TPSA) is 49.8 Å². The molecule has 1 rings (SSSR count). The Balaban J connectivity index is 3.13. The van der Waals surface area contributed by atoms with Crippen molar-refractivity contribution in [1.29, 1.82) is 5.26 Å². The molecule has 0 spiro atoms. The first kappa shape index (κ1) is 14.3. The Morgan fingerprint density at radius 2 is 2.00 bits per heavy atom. The van der Waals surface area contributed by atoms with Crippen LogP contribution >= 0.6 is 23.2 Å². The first-order valence-electron chi connectivity index (χ1n) is 5.63. The summed E-state index contributed by atoms with van der Waals surface area (Å²) < 4.78 is 0. The minimum absolute atomic E-state index is 0.638. The summed E-state index contributed by atoms with van der Waals surface area (Å²) in [4.78, 5) is 0. The van der Waals surface area contributed by atoms with Crippen molar-refractivity contribution in [2.24, 2.45) is 5.73 Å². The van der Waals surface area contributed by atoms with Gasteiger partial charge in [0.2, 0.25) is 0 Å². The van der Waals surface area contributed by atoms with E-state index in [1.165, 1.54) is 0 Å². The summed E-state index contributed by atoms with van der Waals surface area (Å²) in [5.74, 6) is 0. The standard InChI is InChI=1S/C13H16Cl2N2/c1-2-3-8-13(9-16,12(15)17)10-4-6-11(14)7-5-10/h4-7,12H,2-3,8,17H2,1H3. The molecule has 1 aromatic carbocycles. The summed E-state index contributed by atoms with van der Waals surface area (Å²) in [5.41, 5.74) is 5.08. The molecule has 2 atom stereocenters. The van der Waals surface area contributed by atoms with Crippen molar-refractivity contribution in [3.05, 3.63) is 34.9 Å². The van der Waals surface area contributed by atoms with Crippen molar-refractivity contribution >= 4 is 23.2 Å². The maximum absolute atomic E-state index is 9.45. The van der Waals surface area contributed by atoms with Crippen molar-refractivity contribution in [2.45, 2.75) is 37.1 Å². The van der Waals surface area contributed by atoms with Gasteiger partial charge in [0.05, 0.1) is 6.07 Å². The predicted octanol–water partition coefficient (Wildman–Crippen LogP) is 3.82. The third-order valence-corrected chi connectivity index (χ3v) is 3.58. The van der Waals surface area contributed by atoms with Crippen LogP contribution in [0.3, 0.4) is 0 Å². The van der Waals surface area contributed by atoms with Crippen LogP contribution in [0.25, 0.3) is 0 Å². The number of alkyl halides is 1. The molecule has 0 aliphatic heterocycles. The summed E-state index contributed by atoms with van der Waals surface area (Å²) in [7, 11) is 0. The minimum atomic E-state index is -0.831. The number of benzene rings is 1. The van der Waals surface area contributed by atoms with E-state index in [9.17, 15) is 5.26 Å². The van der Waals surface area contributed by atoms with Crippen molar-refractivity contribution in [1.82, 2.24) is 0 Å². The zero-order valence-electron chi connectivity index (χ0n) is 9.79. The van der Waals surface area contributed by atoms with Gasteiger partial charge < -0.3 is 5.73 Å². The Hall–Kier alpha value is -0.750. The zero-order valence-corrected chi connectivity index (χ0v) is 11.3. The van der Waals surface area contributed by atoms with Gasteiger partial charge in [-0.15, -0.1) is 11.6 Å². The SMILES string of the molecule is CCCCC(C#N)(c1ccc(Cl)cc1)C(N)Cl. The number of unbranched alkanes of at least 4 members (excludes halogenated alkanes) is 1. The molecule has 2 unspecified atom stereocenters. The molecule has 0 radical (unpaired) electrons. The van der Waals surface area contributed by atoms with Crippen molar-refractivity contribution < 1.29 is 0 Å². The van der Waals surface area contributed by atoms with Gasteiger partial charge in [0, 0.05) is 5.02 Å². The van der Waals surface area contributed by atoms with Gasteiger partial charge in [-0.2, -0.15) is 5.26 Å². The second kappa shape index (κ2) is 6.26. The Bertz CT molecular complexity index is 395. The van der Waals surface area contributed by atoms with E-state index in [-0.39, 0.29) is 0 Å². The van der Waals surface area contributed by atoms with E-state index in [2.05, 4.69) is 13.0 Å². The van der Waals surface area contributed by atoms with Crippen LogP contribution < -0.4 is 5.73 Å². The average molecular weight is 271 g/mol. The molecule has 0 saturated carbocycles. The van der Waals surface area contributed by atoms with Crippen LogP contribution in [0.2, 0.25) is 5.02 Å². The third kappa shape index (κ3) is 3.13. The number of rotatable bonds is 5. The van der Waals surface area contributed by atoms with Crippen molar-refractivity contribution in [3.63, 3.8) is 0 Å². The first-order chi connectivity index (χ1) is 8.06. The molecule has 17 heavy (non-hydrogen) atoms. The van der Waals surface area contributed by atoms with E-state index in [4.69, 9.17) is 28.9 Å². The number of nitrogens with two attached hydrogens (primary N) is 1. The molecule has 92 valence electrons. The van der Waals surface area contributed by atoms with Crippen LogP contribution in [0.4, 0.5) is 0 Å². The lowest BCUT2D eigenvalue weighted by molar-refractivity contribution is 0.461. The maximum atomic E-state index is 9.45. The molecule has 0 bridgehead atoms. The second-order valence-corrected chi connectivity index (χ2v) is 5.00. The lowest BCUT2D eigenvalue weighted by atomic mass is 9.77. The highest BCUT2D eigenvalue weighted by molar-refractivity contribution is 6.30. The van der Waals surface area contributed by atoms with Crippen molar-refractivity contribution in [3.8, 4) is 6.07 Å². The van der Waals surface area contributed by atoms with E-state index >= 15 is 0 Å². The molecule has 0 aromatic heterocycles. The van der Waals surface area contributed by atoms with E-state index in [1.807, 2.05) is 12.1 Å². The summed E-state index contributed by atoms with van der Waals surface area (Å²) in [6.45, 7) is 2.07. The zero-order chi connectivity index (χ0) is 12.9. The highest BCUT2D eigenvalue weighted by atomic mass is 35.5. The number of hydrogen-bond donors (Lipinski definition) is 1. The van der Waals surface area contributed by atoms with Gasteiger partial charge in [-0.25, -0.2) is 0 Å².